The van der Waals surface area contributed by atoms with Crippen LogP contribution in [-0.4, -0.2) is 29.3 Å². The Kier molecular flexibility index (Phi) is 2.63. The second-order valence-electron chi connectivity index (χ2n) is 3.33. The van der Waals surface area contributed by atoms with Crippen LogP contribution in [0, 0.1) is 0 Å². The summed E-state index contributed by atoms with van der Waals surface area (Å²) in [4.78, 5) is 18.6. The van der Waals surface area contributed by atoms with E-state index in [2.05, 4.69) is 0 Å². The van der Waals surface area contributed by atoms with E-state index in [1.54, 1.807) is 13.3 Å². The molecule has 0 aromatic heterocycles. The van der Waals surface area contributed by atoms with E-state index >= 15 is 0 Å². The second-order valence-corrected chi connectivity index (χ2v) is 8.28. The van der Waals surface area contributed by atoms with Crippen LogP contribution in [0.4, 0.5) is 0 Å². The van der Waals surface area contributed by atoms with Gasteiger partial charge in [0, 0.05) is 0 Å². The zero-order chi connectivity index (χ0) is 7.57. The molecule has 0 radical (unpaired) electrons. The third-order valence-corrected chi connectivity index (χ3v) is 2.77. The standard InChI is InChI=1S/C6H17O2P/c1-4-5-6-9(2,3,7)8/h7-8H,4-6H2,1-3H3. The van der Waals surface area contributed by atoms with Crippen LogP contribution in [0.1, 0.15) is 19.8 Å². The Bertz CT molecular complexity index is 83.7. The van der Waals surface area contributed by atoms with E-state index in [0.717, 1.165) is 12.8 Å². The van der Waals surface area contributed by atoms with E-state index < -0.39 is 7.06 Å². The SMILES string of the molecule is CCCCP(C)(C)(O)O. The first-order valence-corrected chi connectivity index (χ1v) is 6.54. The number of rotatable bonds is 3. The van der Waals surface area contributed by atoms with Gasteiger partial charge in [0.05, 0.1) is 0 Å². The molecule has 0 unspecified atom stereocenters. The molecule has 0 saturated heterocycles. The molecule has 0 saturated carbocycles. The van der Waals surface area contributed by atoms with Gasteiger partial charge >= 0.3 is 56.1 Å². The molecule has 0 aromatic carbocycles. The summed E-state index contributed by atoms with van der Waals surface area (Å²) in [6.07, 6.45) is 2.51. The fourth-order valence-electron chi connectivity index (χ4n) is 0.616. The summed E-state index contributed by atoms with van der Waals surface area (Å²) in [5, 5.41) is 0. The second kappa shape index (κ2) is 2.53. The van der Waals surface area contributed by atoms with E-state index in [4.69, 9.17) is 0 Å². The van der Waals surface area contributed by atoms with Crippen molar-refractivity contribution >= 4 is 7.06 Å². The van der Waals surface area contributed by atoms with Crippen LogP contribution in [0.2, 0.25) is 0 Å². The maximum atomic E-state index is 9.30. The fraction of sp³-hybridized carbons (Fsp3) is 1.00. The Labute approximate surface area is 57.0 Å². The molecule has 0 amide bonds. The van der Waals surface area contributed by atoms with Gasteiger partial charge < -0.3 is 0 Å². The summed E-state index contributed by atoms with van der Waals surface area (Å²) in [5.74, 6) is 0. The van der Waals surface area contributed by atoms with E-state index in [-0.39, 0.29) is 0 Å². The quantitative estimate of drug-likeness (QED) is 0.600. The van der Waals surface area contributed by atoms with Crippen molar-refractivity contribution in [2.24, 2.45) is 0 Å². The van der Waals surface area contributed by atoms with Crippen molar-refractivity contribution in [3.63, 3.8) is 0 Å². The molecule has 0 atom stereocenters. The van der Waals surface area contributed by atoms with Crippen LogP contribution in [0.25, 0.3) is 0 Å². The minimum absolute atomic E-state index is 0.572. The summed E-state index contributed by atoms with van der Waals surface area (Å²) < 4.78 is 0. The van der Waals surface area contributed by atoms with E-state index in [1.807, 2.05) is 6.92 Å². The van der Waals surface area contributed by atoms with Gasteiger partial charge in [0.1, 0.15) is 0 Å². The average molecular weight is 152 g/mol. The molecule has 0 spiro atoms. The Morgan fingerprint density at radius 2 is 1.67 bits per heavy atom. The molecule has 0 aromatic rings. The van der Waals surface area contributed by atoms with Crippen LogP contribution >= 0.6 is 7.06 Å². The fourth-order valence-corrected chi connectivity index (χ4v) is 1.85. The van der Waals surface area contributed by atoms with Gasteiger partial charge in [0.25, 0.3) is 0 Å². The summed E-state index contributed by atoms with van der Waals surface area (Å²) in [6, 6.07) is 0. The summed E-state index contributed by atoms with van der Waals surface area (Å²) in [7, 11) is -3.13. The van der Waals surface area contributed by atoms with Crippen molar-refractivity contribution in [1.82, 2.24) is 0 Å². The molecule has 0 aliphatic rings. The Hall–Kier alpha value is 0.350. The molecule has 3 heteroatoms. The van der Waals surface area contributed by atoms with Crippen LogP contribution < -0.4 is 0 Å². The first-order valence-electron chi connectivity index (χ1n) is 3.32. The van der Waals surface area contributed by atoms with Gasteiger partial charge in [-0.3, -0.25) is 0 Å². The Morgan fingerprint density at radius 3 is 1.78 bits per heavy atom. The molecular formula is C6H17O2P. The first-order chi connectivity index (χ1) is 3.81. The van der Waals surface area contributed by atoms with Gasteiger partial charge in [-0.05, 0) is 0 Å². The number of hydrogen-bond acceptors (Lipinski definition) is 2. The zero-order valence-corrected chi connectivity index (χ0v) is 7.36. The zero-order valence-electron chi connectivity index (χ0n) is 6.46. The van der Waals surface area contributed by atoms with Crippen LogP contribution in [0.5, 0.6) is 0 Å². The number of hydrogen-bond donors (Lipinski definition) is 2. The van der Waals surface area contributed by atoms with Crippen molar-refractivity contribution in [2.75, 3.05) is 19.5 Å². The molecule has 2 N–H and O–H groups in total. The van der Waals surface area contributed by atoms with Crippen LogP contribution in [0.3, 0.4) is 0 Å². The molecule has 58 valence electrons. The topological polar surface area (TPSA) is 40.5 Å². The predicted molar refractivity (Wildman–Crippen MR) is 43.0 cm³/mol. The van der Waals surface area contributed by atoms with Crippen molar-refractivity contribution in [2.45, 2.75) is 19.8 Å². The van der Waals surface area contributed by atoms with Crippen molar-refractivity contribution in [3.8, 4) is 0 Å². The average Bonchev–Trinajstić information content (AvgIpc) is 1.57. The first kappa shape index (κ1) is 9.35. The Balaban J connectivity index is 3.60. The molecule has 0 rings (SSSR count). The third-order valence-electron chi connectivity index (χ3n) is 1.16. The molecule has 0 aliphatic heterocycles. The predicted octanol–water partition coefficient (Wildman–Crippen LogP) is 1.41. The van der Waals surface area contributed by atoms with E-state index in [1.165, 1.54) is 0 Å². The van der Waals surface area contributed by atoms with Crippen LogP contribution in [0.15, 0.2) is 0 Å². The van der Waals surface area contributed by atoms with Crippen molar-refractivity contribution in [3.05, 3.63) is 0 Å². The molecule has 0 fully saturated rings. The van der Waals surface area contributed by atoms with Crippen LogP contribution in [-0.2, 0) is 0 Å². The minimum atomic E-state index is -3.13. The van der Waals surface area contributed by atoms with Gasteiger partial charge in [-0.15, -0.1) is 0 Å². The molecular weight excluding hydrogens is 135 g/mol. The Morgan fingerprint density at radius 1 is 1.22 bits per heavy atom. The molecule has 0 aliphatic carbocycles. The molecule has 2 nitrogen and oxygen atoms in total. The van der Waals surface area contributed by atoms with E-state index in [9.17, 15) is 9.79 Å². The van der Waals surface area contributed by atoms with Gasteiger partial charge in [-0.25, -0.2) is 0 Å². The number of unbranched alkanes of at least 4 members (excludes halogenated alkanes) is 1. The summed E-state index contributed by atoms with van der Waals surface area (Å²) >= 11 is 0. The molecule has 0 bridgehead atoms. The monoisotopic (exact) mass is 152 g/mol. The van der Waals surface area contributed by atoms with E-state index in [0.29, 0.717) is 6.16 Å². The van der Waals surface area contributed by atoms with Gasteiger partial charge in [-0.2, -0.15) is 0 Å². The summed E-state index contributed by atoms with van der Waals surface area (Å²) in [5.41, 5.74) is 0. The molecule has 0 heterocycles. The van der Waals surface area contributed by atoms with Gasteiger partial charge in [0.15, 0.2) is 0 Å². The normalized spacial score (nSPS) is 16.8. The maximum absolute atomic E-state index is 9.30. The van der Waals surface area contributed by atoms with Crippen molar-refractivity contribution in [1.29, 1.82) is 0 Å². The van der Waals surface area contributed by atoms with Gasteiger partial charge in [-0.1, -0.05) is 0 Å². The summed E-state index contributed by atoms with van der Waals surface area (Å²) in [6.45, 7) is 5.16. The van der Waals surface area contributed by atoms with Gasteiger partial charge in [0.2, 0.25) is 0 Å². The van der Waals surface area contributed by atoms with Crippen molar-refractivity contribution < 1.29 is 9.79 Å². The third kappa shape index (κ3) is 8.35. The molecule has 9 heavy (non-hydrogen) atoms.